The first-order valence-corrected chi connectivity index (χ1v) is 10.2. The van der Waals surface area contributed by atoms with Crippen LogP contribution in [-0.4, -0.2) is 33.7 Å². The summed E-state index contributed by atoms with van der Waals surface area (Å²) >= 11 is 0. The van der Waals surface area contributed by atoms with Crippen LogP contribution in [0.25, 0.3) is 0 Å². The number of rotatable bonds is 4. The van der Waals surface area contributed by atoms with Gasteiger partial charge >= 0.3 is 39.3 Å². The van der Waals surface area contributed by atoms with Crippen molar-refractivity contribution >= 4 is 60.7 Å². The van der Waals surface area contributed by atoms with Crippen LogP contribution in [0.15, 0.2) is 0 Å². The molecule has 0 atom stereocenters. The standard InChI is InChI=1S/Cl2HNO4S2.F2HNO4S2/c2*1-8(4,5)3-9(2,6)7/h2*3H. The SMILES string of the molecule is O=S(=O)(Cl)NS(=O)(=O)Cl.O=S(=O)(F)NS(=O)(=O)F. The Morgan fingerprint density at radius 1 is 0.611 bits per heavy atom. The molecule has 0 aliphatic heterocycles. The van der Waals surface area contributed by atoms with Gasteiger partial charge in [-0.05, 0) is 0 Å². The molecule has 0 aliphatic rings. The van der Waals surface area contributed by atoms with Gasteiger partial charge in [-0.25, -0.2) is 0 Å². The van der Waals surface area contributed by atoms with Gasteiger partial charge in [0.2, 0.25) is 0 Å². The molecule has 0 aromatic rings. The highest BCUT2D eigenvalue weighted by Gasteiger charge is 2.17. The lowest BCUT2D eigenvalue weighted by Gasteiger charge is -1.89. The smallest absolute Gasteiger partial charge is 0.194 e. The Hall–Kier alpha value is 0.160. The predicted octanol–water partition coefficient (Wildman–Crippen LogP) is -1.45. The average Bonchev–Trinajstić information content (AvgIpc) is 1.64. The zero-order chi connectivity index (χ0) is 15.4. The van der Waals surface area contributed by atoms with E-state index in [1.165, 1.54) is 0 Å². The molecule has 2 N–H and O–H groups in total. The van der Waals surface area contributed by atoms with Gasteiger partial charge in [0.15, 0.2) is 0 Å². The molecule has 0 saturated carbocycles. The van der Waals surface area contributed by atoms with E-state index in [0.29, 0.717) is 0 Å². The van der Waals surface area contributed by atoms with Crippen LogP contribution in [0.4, 0.5) is 7.77 Å². The molecule has 0 bridgehead atoms. The largest absolute Gasteiger partial charge is 0.387 e. The van der Waals surface area contributed by atoms with Crippen molar-refractivity contribution in [3.63, 3.8) is 0 Å². The Labute approximate surface area is 110 Å². The summed E-state index contributed by atoms with van der Waals surface area (Å²) in [5, 5.41) is 0. The van der Waals surface area contributed by atoms with E-state index in [1.807, 2.05) is 0 Å². The number of hydrogen-bond acceptors (Lipinski definition) is 8. The van der Waals surface area contributed by atoms with Gasteiger partial charge in [0.05, 0.1) is 0 Å². The maximum atomic E-state index is 11.1. The van der Waals surface area contributed by atoms with Gasteiger partial charge in [0.1, 0.15) is 0 Å². The molecule has 18 heavy (non-hydrogen) atoms. The van der Waals surface area contributed by atoms with E-state index < -0.39 is 39.3 Å². The van der Waals surface area contributed by atoms with Gasteiger partial charge in [-0.3, -0.25) is 0 Å². The van der Waals surface area contributed by atoms with Crippen LogP contribution < -0.4 is 8.25 Å². The summed E-state index contributed by atoms with van der Waals surface area (Å²) in [6.45, 7) is 0. The zero-order valence-corrected chi connectivity index (χ0v) is 12.2. The Kier molecular flexibility index (Phi) is 7.45. The molecule has 112 valence electrons. The Balaban J connectivity index is 0. The Morgan fingerprint density at radius 3 is 0.833 bits per heavy atom. The average molecular weight is 395 g/mol. The van der Waals surface area contributed by atoms with Crippen molar-refractivity contribution in [1.29, 1.82) is 0 Å². The molecule has 0 aromatic carbocycles. The van der Waals surface area contributed by atoms with Gasteiger partial charge in [0.25, 0.3) is 0 Å². The van der Waals surface area contributed by atoms with Gasteiger partial charge in [0, 0.05) is 21.4 Å². The molecule has 0 heterocycles. The molecule has 0 fully saturated rings. The lowest BCUT2D eigenvalue weighted by Crippen LogP contribution is -2.23. The highest BCUT2D eigenvalue weighted by molar-refractivity contribution is 8.25. The highest BCUT2D eigenvalue weighted by atomic mass is 35.7. The van der Waals surface area contributed by atoms with E-state index in [1.54, 1.807) is 0 Å². The second-order valence-electron chi connectivity index (χ2n) is 1.92. The van der Waals surface area contributed by atoms with E-state index in [2.05, 4.69) is 21.4 Å². The second kappa shape index (κ2) is 6.55. The van der Waals surface area contributed by atoms with Gasteiger partial charge < -0.3 is 0 Å². The summed E-state index contributed by atoms with van der Waals surface area (Å²) < 4.78 is 99.6. The molecular weight excluding hydrogens is 393 g/mol. The minimum absolute atomic E-state index is 0.0694. The third-order valence-corrected chi connectivity index (χ3v) is 4.72. The third kappa shape index (κ3) is 25.1. The van der Waals surface area contributed by atoms with E-state index in [9.17, 15) is 41.4 Å². The van der Waals surface area contributed by atoms with Gasteiger partial charge in [-0.15, -0.1) is 0 Å². The van der Waals surface area contributed by atoms with Gasteiger partial charge in [-0.1, -0.05) is 16.0 Å². The summed E-state index contributed by atoms with van der Waals surface area (Å²) in [5.41, 5.74) is 0. The van der Waals surface area contributed by atoms with Crippen molar-refractivity contribution in [1.82, 2.24) is 8.25 Å². The highest BCUT2D eigenvalue weighted by Crippen LogP contribution is 1.97. The minimum Gasteiger partial charge on any atom is -0.194 e. The first-order valence-electron chi connectivity index (χ1n) is 2.77. The monoisotopic (exact) mass is 394 g/mol. The molecule has 0 radical (unpaired) electrons. The zero-order valence-electron chi connectivity index (χ0n) is 7.41. The van der Waals surface area contributed by atoms with Crippen LogP contribution >= 0.6 is 21.4 Å². The maximum Gasteiger partial charge on any atom is 0.387 e. The summed E-state index contributed by atoms with van der Waals surface area (Å²) in [5.74, 6) is 0. The number of nitrogens with one attached hydrogen (secondary N) is 2. The Morgan fingerprint density at radius 2 is 0.833 bits per heavy atom. The summed E-state index contributed by atoms with van der Waals surface area (Å²) in [6, 6.07) is 0. The fraction of sp³-hybridized carbons (Fsp3) is 0. The molecule has 0 unspecified atom stereocenters. The van der Waals surface area contributed by atoms with Crippen molar-refractivity contribution in [2.24, 2.45) is 0 Å². The van der Waals surface area contributed by atoms with Crippen LogP contribution in [0.1, 0.15) is 0 Å². The normalized spacial score (nSPS) is 13.6. The summed E-state index contributed by atoms with van der Waals surface area (Å²) in [4.78, 5) is 0. The molecule has 0 saturated heterocycles. The molecule has 0 aliphatic carbocycles. The first-order chi connectivity index (χ1) is 7.41. The number of halogens is 4. The van der Waals surface area contributed by atoms with Crippen LogP contribution in [0, 0.1) is 0 Å². The van der Waals surface area contributed by atoms with Crippen LogP contribution in [0.3, 0.4) is 0 Å². The fourth-order valence-electron chi connectivity index (χ4n) is 0.238. The van der Waals surface area contributed by atoms with Crippen LogP contribution in [0.2, 0.25) is 0 Å². The lowest BCUT2D eigenvalue weighted by molar-refractivity contribution is 0.527. The molecular formula is H2Cl2F2N2O8S4. The van der Waals surface area contributed by atoms with Crippen molar-refractivity contribution in [3.05, 3.63) is 0 Å². The summed E-state index contributed by atoms with van der Waals surface area (Å²) in [7, 11) is -10.7. The van der Waals surface area contributed by atoms with E-state index in [0.717, 1.165) is 4.13 Å². The van der Waals surface area contributed by atoms with E-state index >= 15 is 0 Å². The lowest BCUT2D eigenvalue weighted by atomic mass is 13.9. The van der Waals surface area contributed by atoms with Gasteiger partial charge in [-0.2, -0.15) is 33.7 Å². The quantitative estimate of drug-likeness (QED) is 0.547. The van der Waals surface area contributed by atoms with Crippen LogP contribution in [-0.2, 0) is 39.3 Å². The van der Waals surface area contributed by atoms with Crippen molar-refractivity contribution in [2.75, 3.05) is 0 Å². The van der Waals surface area contributed by atoms with E-state index in [4.69, 9.17) is 0 Å². The molecule has 0 spiro atoms. The first kappa shape index (κ1) is 20.5. The van der Waals surface area contributed by atoms with Crippen molar-refractivity contribution < 1.29 is 41.4 Å². The third-order valence-electron chi connectivity index (χ3n) is 0.398. The maximum absolute atomic E-state index is 11.1. The molecule has 18 heteroatoms. The minimum atomic E-state index is -5.49. The molecule has 10 nitrogen and oxygen atoms in total. The van der Waals surface area contributed by atoms with Crippen LogP contribution in [0.5, 0.6) is 0 Å². The molecule has 0 amide bonds. The Bertz CT molecular complexity index is 549. The van der Waals surface area contributed by atoms with Crippen molar-refractivity contribution in [2.45, 2.75) is 0 Å². The molecule has 0 rings (SSSR count). The topological polar surface area (TPSA) is 161 Å². The summed E-state index contributed by atoms with van der Waals surface area (Å²) in [6.07, 6.45) is 0. The van der Waals surface area contributed by atoms with E-state index in [-0.39, 0.29) is 4.13 Å². The number of hydrogen-bond donors (Lipinski definition) is 2. The predicted molar refractivity (Wildman–Crippen MR) is 55.9 cm³/mol. The molecule has 0 aromatic heterocycles. The second-order valence-corrected chi connectivity index (χ2v) is 9.19. The van der Waals surface area contributed by atoms with Crippen molar-refractivity contribution in [3.8, 4) is 0 Å². The fourth-order valence-corrected chi connectivity index (χ4v) is 3.92.